The number of sulfonamides is 1. The first-order chi connectivity index (χ1) is 9.94. The molecule has 0 spiro atoms. The largest absolute Gasteiger partial charge is 0.352 e. The first kappa shape index (κ1) is 18.6. The number of aromatic nitrogens is 2. The van der Waals surface area contributed by atoms with Crippen molar-refractivity contribution in [3.63, 3.8) is 0 Å². The SMILES string of the molecule is Cc1c(C(=O)NCCCN(C)S(C)(=O)=O)cnn1C(C)(C)C. The monoisotopic (exact) mass is 330 g/mol. The molecule has 0 saturated carbocycles. The van der Waals surface area contributed by atoms with Crippen LogP contribution in [-0.4, -0.2) is 54.8 Å². The molecule has 0 atom stereocenters. The minimum atomic E-state index is -3.17. The van der Waals surface area contributed by atoms with Crippen LogP contribution in [0.2, 0.25) is 0 Å². The molecule has 0 radical (unpaired) electrons. The first-order valence-electron chi connectivity index (χ1n) is 7.19. The summed E-state index contributed by atoms with van der Waals surface area (Å²) in [6, 6.07) is 0. The van der Waals surface area contributed by atoms with Gasteiger partial charge < -0.3 is 5.32 Å². The van der Waals surface area contributed by atoms with Crippen LogP contribution in [0.15, 0.2) is 6.20 Å². The molecule has 1 rings (SSSR count). The van der Waals surface area contributed by atoms with Crippen LogP contribution in [0.4, 0.5) is 0 Å². The number of hydrogen-bond acceptors (Lipinski definition) is 4. The third-order valence-electron chi connectivity index (χ3n) is 3.39. The summed E-state index contributed by atoms with van der Waals surface area (Å²) < 4.78 is 25.6. The van der Waals surface area contributed by atoms with Gasteiger partial charge in [-0.3, -0.25) is 9.48 Å². The highest BCUT2D eigenvalue weighted by Gasteiger charge is 2.21. The van der Waals surface area contributed by atoms with Gasteiger partial charge in [0.1, 0.15) is 0 Å². The van der Waals surface area contributed by atoms with E-state index in [1.54, 1.807) is 6.20 Å². The van der Waals surface area contributed by atoms with Crippen molar-refractivity contribution >= 4 is 15.9 Å². The van der Waals surface area contributed by atoms with E-state index in [2.05, 4.69) is 10.4 Å². The predicted molar refractivity (Wildman–Crippen MR) is 86.4 cm³/mol. The van der Waals surface area contributed by atoms with Crippen LogP contribution in [0, 0.1) is 6.92 Å². The molecule has 22 heavy (non-hydrogen) atoms. The maximum absolute atomic E-state index is 12.2. The van der Waals surface area contributed by atoms with E-state index in [9.17, 15) is 13.2 Å². The van der Waals surface area contributed by atoms with Gasteiger partial charge in [-0.25, -0.2) is 12.7 Å². The second kappa shape index (κ2) is 6.78. The highest BCUT2D eigenvalue weighted by atomic mass is 32.2. The summed E-state index contributed by atoms with van der Waals surface area (Å²) in [7, 11) is -1.65. The van der Waals surface area contributed by atoms with Crippen LogP contribution in [0.25, 0.3) is 0 Å². The lowest BCUT2D eigenvalue weighted by Crippen LogP contribution is -2.31. The average molecular weight is 330 g/mol. The zero-order valence-electron chi connectivity index (χ0n) is 14.2. The van der Waals surface area contributed by atoms with E-state index in [-0.39, 0.29) is 11.4 Å². The average Bonchev–Trinajstić information content (AvgIpc) is 2.74. The Labute approximate surface area is 132 Å². The molecule has 1 heterocycles. The summed E-state index contributed by atoms with van der Waals surface area (Å²) in [5, 5.41) is 7.06. The van der Waals surface area contributed by atoms with E-state index in [0.29, 0.717) is 25.1 Å². The fourth-order valence-corrected chi connectivity index (χ4v) is 2.53. The van der Waals surface area contributed by atoms with Crippen molar-refractivity contribution < 1.29 is 13.2 Å². The molecule has 0 fully saturated rings. The lowest BCUT2D eigenvalue weighted by Gasteiger charge is -2.21. The van der Waals surface area contributed by atoms with Gasteiger partial charge in [0, 0.05) is 25.8 Å². The van der Waals surface area contributed by atoms with Gasteiger partial charge in [0.05, 0.1) is 23.6 Å². The van der Waals surface area contributed by atoms with Gasteiger partial charge in [-0.15, -0.1) is 0 Å². The van der Waals surface area contributed by atoms with Crippen molar-refractivity contribution in [3.8, 4) is 0 Å². The zero-order chi connectivity index (χ0) is 17.1. The molecule has 1 aromatic rings. The maximum atomic E-state index is 12.2. The highest BCUT2D eigenvalue weighted by Crippen LogP contribution is 2.18. The van der Waals surface area contributed by atoms with Crippen molar-refractivity contribution in [3.05, 3.63) is 17.5 Å². The second-order valence-corrected chi connectivity index (χ2v) is 8.51. The molecule has 1 amide bonds. The number of amides is 1. The molecular formula is C14H26N4O3S. The van der Waals surface area contributed by atoms with E-state index < -0.39 is 10.0 Å². The van der Waals surface area contributed by atoms with E-state index >= 15 is 0 Å². The number of hydrogen-bond donors (Lipinski definition) is 1. The topological polar surface area (TPSA) is 84.3 Å². The summed E-state index contributed by atoms with van der Waals surface area (Å²) in [5.74, 6) is -0.185. The molecule has 8 heteroatoms. The number of carbonyl (C=O) groups excluding carboxylic acids is 1. The molecule has 0 aliphatic rings. The van der Waals surface area contributed by atoms with Crippen molar-refractivity contribution in [2.75, 3.05) is 26.4 Å². The molecule has 0 unspecified atom stereocenters. The Morgan fingerprint density at radius 2 is 2.00 bits per heavy atom. The quantitative estimate of drug-likeness (QED) is 0.787. The fraction of sp³-hybridized carbons (Fsp3) is 0.714. The fourth-order valence-electron chi connectivity index (χ4n) is 2.07. The summed E-state index contributed by atoms with van der Waals surface area (Å²) >= 11 is 0. The Kier molecular flexibility index (Phi) is 5.75. The Hall–Kier alpha value is -1.41. The molecule has 0 bridgehead atoms. The summed E-state index contributed by atoms with van der Waals surface area (Å²) in [4.78, 5) is 12.2. The minimum absolute atomic E-state index is 0.180. The molecule has 0 aromatic carbocycles. The summed E-state index contributed by atoms with van der Waals surface area (Å²) in [5.41, 5.74) is 1.19. The molecule has 126 valence electrons. The molecule has 1 N–H and O–H groups in total. The molecule has 7 nitrogen and oxygen atoms in total. The summed E-state index contributed by atoms with van der Waals surface area (Å²) in [6.07, 6.45) is 3.29. The third-order valence-corrected chi connectivity index (χ3v) is 4.71. The van der Waals surface area contributed by atoms with E-state index in [1.165, 1.54) is 11.4 Å². The van der Waals surface area contributed by atoms with Crippen LogP contribution in [0.3, 0.4) is 0 Å². The van der Waals surface area contributed by atoms with E-state index in [0.717, 1.165) is 11.9 Å². The normalized spacial score (nSPS) is 12.7. The smallest absolute Gasteiger partial charge is 0.254 e. The highest BCUT2D eigenvalue weighted by molar-refractivity contribution is 7.88. The number of rotatable bonds is 6. The second-order valence-electron chi connectivity index (χ2n) is 6.42. The van der Waals surface area contributed by atoms with E-state index in [4.69, 9.17) is 0 Å². The van der Waals surface area contributed by atoms with Gasteiger partial charge in [-0.1, -0.05) is 0 Å². The van der Waals surface area contributed by atoms with Crippen molar-refractivity contribution in [1.82, 2.24) is 19.4 Å². The molecule has 1 aromatic heterocycles. The Balaban J connectivity index is 2.56. The molecule has 0 aliphatic heterocycles. The lowest BCUT2D eigenvalue weighted by molar-refractivity contribution is 0.0952. The standard InChI is InChI=1S/C14H26N4O3S/c1-11-12(10-16-18(11)14(2,3)4)13(19)15-8-7-9-17(5)22(6,20)21/h10H,7-9H2,1-6H3,(H,15,19). The number of carbonyl (C=O) groups is 1. The van der Waals surface area contributed by atoms with Crippen LogP contribution >= 0.6 is 0 Å². The zero-order valence-corrected chi connectivity index (χ0v) is 15.0. The predicted octanol–water partition coefficient (Wildman–Crippen LogP) is 0.958. The van der Waals surface area contributed by atoms with Crippen molar-refractivity contribution in [2.24, 2.45) is 0 Å². The molecule has 0 aliphatic carbocycles. The Morgan fingerprint density at radius 1 is 1.41 bits per heavy atom. The number of nitrogens with one attached hydrogen (secondary N) is 1. The van der Waals surface area contributed by atoms with Crippen LogP contribution in [0.5, 0.6) is 0 Å². The lowest BCUT2D eigenvalue weighted by atomic mass is 10.1. The molecule has 0 saturated heterocycles. The van der Waals surface area contributed by atoms with Gasteiger partial charge in [0.2, 0.25) is 10.0 Å². The van der Waals surface area contributed by atoms with Crippen LogP contribution < -0.4 is 5.32 Å². The van der Waals surface area contributed by atoms with Gasteiger partial charge in [-0.05, 0) is 34.1 Å². The van der Waals surface area contributed by atoms with Crippen LogP contribution in [0.1, 0.15) is 43.2 Å². The molecular weight excluding hydrogens is 304 g/mol. The minimum Gasteiger partial charge on any atom is -0.352 e. The van der Waals surface area contributed by atoms with Gasteiger partial charge in [0.25, 0.3) is 5.91 Å². The maximum Gasteiger partial charge on any atom is 0.254 e. The van der Waals surface area contributed by atoms with Gasteiger partial charge in [-0.2, -0.15) is 5.10 Å². The van der Waals surface area contributed by atoms with Crippen LogP contribution in [-0.2, 0) is 15.6 Å². The van der Waals surface area contributed by atoms with Gasteiger partial charge >= 0.3 is 0 Å². The van der Waals surface area contributed by atoms with Crippen molar-refractivity contribution in [2.45, 2.75) is 39.7 Å². The van der Waals surface area contributed by atoms with Gasteiger partial charge in [0.15, 0.2) is 0 Å². The number of nitrogens with zero attached hydrogens (tertiary/aromatic N) is 3. The first-order valence-corrected chi connectivity index (χ1v) is 9.04. The Bertz CT molecular complexity index is 629. The Morgan fingerprint density at radius 3 is 2.45 bits per heavy atom. The summed E-state index contributed by atoms with van der Waals surface area (Å²) in [6.45, 7) is 8.73. The van der Waals surface area contributed by atoms with Crippen molar-refractivity contribution in [1.29, 1.82) is 0 Å². The third kappa shape index (κ3) is 4.81. The van der Waals surface area contributed by atoms with E-state index in [1.807, 2.05) is 32.4 Å².